The minimum absolute atomic E-state index is 0.0778. The second-order valence-electron chi connectivity index (χ2n) is 2.59. The van der Waals surface area contributed by atoms with Crippen molar-refractivity contribution >= 4 is 23.2 Å². The number of hydrogen-bond donors (Lipinski definition) is 1. The molecular weight excluding hydrogens is 194 g/mol. The zero-order chi connectivity index (χ0) is 9.84. The van der Waals surface area contributed by atoms with Crippen LogP contribution in [0.2, 0.25) is 0 Å². The summed E-state index contributed by atoms with van der Waals surface area (Å²) in [6, 6.07) is 0. The van der Waals surface area contributed by atoms with Crippen LogP contribution in [0.5, 0.6) is 0 Å². The Labute approximate surface area is 81.1 Å². The van der Waals surface area contributed by atoms with Gasteiger partial charge in [0.15, 0.2) is 6.29 Å². The van der Waals surface area contributed by atoms with Gasteiger partial charge in [-0.3, -0.25) is 4.79 Å². The number of nitrogens with two attached hydrogens (primary N) is 1. The molecule has 0 unspecified atom stereocenters. The lowest BCUT2D eigenvalue weighted by atomic mass is 10.4. The van der Waals surface area contributed by atoms with Crippen LogP contribution in [0.4, 0.5) is 0 Å². The molecule has 1 aliphatic heterocycles. The van der Waals surface area contributed by atoms with E-state index in [0.29, 0.717) is 6.61 Å². The Morgan fingerprint density at radius 2 is 2.46 bits per heavy atom. The zero-order valence-corrected chi connectivity index (χ0v) is 8.00. The number of rotatable bonds is 3. The van der Waals surface area contributed by atoms with Gasteiger partial charge in [0.05, 0.1) is 6.61 Å². The van der Waals surface area contributed by atoms with Gasteiger partial charge >= 0.3 is 5.97 Å². The van der Waals surface area contributed by atoms with E-state index in [4.69, 9.17) is 27.4 Å². The Balaban J connectivity index is 2.25. The van der Waals surface area contributed by atoms with E-state index >= 15 is 0 Å². The van der Waals surface area contributed by atoms with Crippen LogP contribution in [0, 0.1) is 0 Å². The van der Waals surface area contributed by atoms with Gasteiger partial charge in [-0.1, -0.05) is 12.2 Å². The highest BCUT2D eigenvalue weighted by atomic mass is 32.1. The molecule has 1 heterocycles. The Bertz CT molecular complexity index is 221. The number of ether oxygens (including phenoxy) is 3. The van der Waals surface area contributed by atoms with Gasteiger partial charge < -0.3 is 19.9 Å². The van der Waals surface area contributed by atoms with Gasteiger partial charge in [-0.2, -0.15) is 0 Å². The van der Waals surface area contributed by atoms with E-state index in [9.17, 15) is 4.79 Å². The van der Waals surface area contributed by atoms with Crippen molar-refractivity contribution in [3.63, 3.8) is 0 Å². The Hall–Kier alpha value is -0.720. The summed E-state index contributed by atoms with van der Waals surface area (Å²) in [5.41, 5.74) is 5.33. The normalized spacial score (nSPS) is 27.2. The van der Waals surface area contributed by atoms with Gasteiger partial charge in [-0.05, 0) is 0 Å². The van der Waals surface area contributed by atoms with Crippen molar-refractivity contribution in [3.05, 3.63) is 0 Å². The van der Waals surface area contributed by atoms with E-state index in [1.165, 1.54) is 6.92 Å². The first kappa shape index (κ1) is 10.4. The summed E-state index contributed by atoms with van der Waals surface area (Å²) >= 11 is 4.71. The van der Waals surface area contributed by atoms with Gasteiger partial charge in [0.2, 0.25) is 0 Å². The van der Waals surface area contributed by atoms with Gasteiger partial charge in [-0.25, -0.2) is 0 Å². The smallest absolute Gasteiger partial charge is 0.302 e. The van der Waals surface area contributed by atoms with Gasteiger partial charge in [-0.15, -0.1) is 0 Å². The van der Waals surface area contributed by atoms with Crippen LogP contribution >= 0.6 is 12.2 Å². The van der Waals surface area contributed by atoms with Crippen molar-refractivity contribution in [1.82, 2.24) is 0 Å². The number of thiocarbonyl (C=S) groups is 1. The molecule has 0 radical (unpaired) electrons. The lowest BCUT2D eigenvalue weighted by Crippen LogP contribution is -2.29. The molecule has 1 saturated heterocycles. The minimum atomic E-state index is -0.546. The average Bonchev–Trinajstić information content (AvgIpc) is 2.48. The fourth-order valence-corrected chi connectivity index (χ4v) is 1.00. The first-order valence-corrected chi connectivity index (χ1v) is 4.20. The predicted molar refractivity (Wildman–Crippen MR) is 48.0 cm³/mol. The van der Waals surface area contributed by atoms with Crippen molar-refractivity contribution in [2.24, 2.45) is 5.73 Å². The molecule has 1 aliphatic rings. The molecule has 6 heteroatoms. The van der Waals surface area contributed by atoms with E-state index in [1.54, 1.807) is 0 Å². The SMILES string of the molecule is CC(=O)OC[C@@H]1OC[C@H](C(N)=S)O1. The molecule has 0 aliphatic carbocycles. The largest absolute Gasteiger partial charge is 0.460 e. The van der Waals surface area contributed by atoms with Gasteiger partial charge in [0.25, 0.3) is 0 Å². The van der Waals surface area contributed by atoms with E-state index in [-0.39, 0.29) is 23.7 Å². The van der Waals surface area contributed by atoms with Crippen LogP contribution in [0.25, 0.3) is 0 Å². The van der Waals surface area contributed by atoms with E-state index < -0.39 is 6.29 Å². The third-order valence-electron chi connectivity index (χ3n) is 1.49. The predicted octanol–water partition coefficient (Wildman–Crippen LogP) is -0.423. The maximum absolute atomic E-state index is 10.4. The quantitative estimate of drug-likeness (QED) is 0.498. The van der Waals surface area contributed by atoms with Crippen LogP contribution in [-0.2, 0) is 19.0 Å². The molecule has 74 valence electrons. The van der Waals surface area contributed by atoms with Crippen molar-refractivity contribution < 1.29 is 19.0 Å². The van der Waals surface area contributed by atoms with Crippen LogP contribution in [0.15, 0.2) is 0 Å². The summed E-state index contributed by atoms with van der Waals surface area (Å²) in [5, 5.41) is 0. The third-order valence-corrected chi connectivity index (χ3v) is 1.75. The van der Waals surface area contributed by atoms with Crippen LogP contribution < -0.4 is 5.73 Å². The van der Waals surface area contributed by atoms with Crippen LogP contribution in [0.1, 0.15) is 6.92 Å². The van der Waals surface area contributed by atoms with E-state index in [2.05, 4.69) is 4.74 Å². The van der Waals surface area contributed by atoms with Gasteiger partial charge in [0.1, 0.15) is 17.7 Å². The van der Waals surface area contributed by atoms with E-state index in [1.807, 2.05) is 0 Å². The highest BCUT2D eigenvalue weighted by Gasteiger charge is 2.28. The highest BCUT2D eigenvalue weighted by Crippen LogP contribution is 2.11. The molecule has 13 heavy (non-hydrogen) atoms. The van der Waals surface area contributed by atoms with Crippen LogP contribution in [-0.4, -0.2) is 36.6 Å². The zero-order valence-electron chi connectivity index (χ0n) is 7.19. The first-order valence-electron chi connectivity index (χ1n) is 3.79. The Kier molecular flexibility index (Phi) is 3.58. The summed E-state index contributed by atoms with van der Waals surface area (Å²) in [5.74, 6) is -0.369. The lowest BCUT2D eigenvalue weighted by Gasteiger charge is -2.09. The van der Waals surface area contributed by atoms with Crippen molar-refractivity contribution in [2.75, 3.05) is 13.2 Å². The number of hydrogen-bond acceptors (Lipinski definition) is 5. The summed E-state index contributed by atoms with van der Waals surface area (Å²) in [6.07, 6.45) is -0.911. The summed E-state index contributed by atoms with van der Waals surface area (Å²) in [6.45, 7) is 1.72. The third kappa shape index (κ3) is 3.25. The Morgan fingerprint density at radius 1 is 1.77 bits per heavy atom. The molecule has 5 nitrogen and oxygen atoms in total. The number of esters is 1. The fraction of sp³-hybridized carbons (Fsp3) is 0.714. The first-order chi connectivity index (χ1) is 6.09. The van der Waals surface area contributed by atoms with Crippen molar-refractivity contribution in [1.29, 1.82) is 0 Å². The second kappa shape index (κ2) is 4.50. The molecule has 2 N–H and O–H groups in total. The second-order valence-corrected chi connectivity index (χ2v) is 3.06. The molecule has 1 fully saturated rings. The maximum Gasteiger partial charge on any atom is 0.302 e. The molecule has 0 aromatic rings. The summed E-state index contributed by atoms with van der Waals surface area (Å²) in [4.78, 5) is 10.7. The highest BCUT2D eigenvalue weighted by molar-refractivity contribution is 7.80. The molecule has 0 spiro atoms. The molecule has 0 bridgehead atoms. The molecule has 0 saturated carbocycles. The lowest BCUT2D eigenvalue weighted by molar-refractivity contribution is -0.153. The number of carbonyl (C=O) groups excluding carboxylic acids is 1. The van der Waals surface area contributed by atoms with Crippen molar-refractivity contribution in [3.8, 4) is 0 Å². The number of carbonyl (C=O) groups is 1. The Morgan fingerprint density at radius 3 is 2.92 bits per heavy atom. The molecular formula is C7H11NO4S. The monoisotopic (exact) mass is 205 g/mol. The van der Waals surface area contributed by atoms with E-state index in [0.717, 1.165) is 0 Å². The summed E-state index contributed by atoms with van der Waals surface area (Å²) < 4.78 is 15.0. The molecule has 0 aromatic carbocycles. The van der Waals surface area contributed by atoms with Crippen molar-refractivity contribution in [2.45, 2.75) is 19.3 Å². The molecule has 0 amide bonds. The fourth-order valence-electron chi connectivity index (χ4n) is 0.878. The molecule has 0 aromatic heterocycles. The average molecular weight is 205 g/mol. The molecule has 1 rings (SSSR count). The maximum atomic E-state index is 10.4. The van der Waals surface area contributed by atoms with Crippen LogP contribution in [0.3, 0.4) is 0 Å². The van der Waals surface area contributed by atoms with Gasteiger partial charge in [0, 0.05) is 6.92 Å². The summed E-state index contributed by atoms with van der Waals surface area (Å²) in [7, 11) is 0. The minimum Gasteiger partial charge on any atom is -0.460 e. The molecule has 2 atom stereocenters. The standard InChI is InChI=1S/C7H11NO4S/c1-4(9)10-3-6-11-2-5(12-6)7(8)13/h5-6H,2-3H2,1H3,(H2,8,13)/t5-,6-/m1/s1. The topological polar surface area (TPSA) is 70.8 Å².